The number of nitrogens with two attached hydrogens (primary N) is 1. The minimum atomic E-state index is 0.0287. The van der Waals surface area contributed by atoms with Gasteiger partial charge in [0.1, 0.15) is 6.33 Å². The van der Waals surface area contributed by atoms with Crippen LogP contribution in [-0.4, -0.2) is 20.8 Å². The fourth-order valence-corrected chi connectivity index (χ4v) is 3.12. The number of aryl methyl sites for hydroxylation is 1. The first-order valence-corrected chi connectivity index (χ1v) is 7.27. The third-order valence-corrected chi connectivity index (χ3v) is 4.59. The first kappa shape index (κ1) is 13.6. The molecular weight excluding hydrogens is 312 g/mol. The molecule has 2 rings (SSSR count). The molecule has 2 N–H and O–H groups in total. The van der Waals surface area contributed by atoms with E-state index in [1.165, 1.54) is 5.56 Å². The molecular formula is C12H15BrN4S. The van der Waals surface area contributed by atoms with Gasteiger partial charge in [-0.3, -0.25) is 0 Å². The molecule has 0 fully saturated rings. The van der Waals surface area contributed by atoms with Gasteiger partial charge in [0.25, 0.3) is 0 Å². The van der Waals surface area contributed by atoms with E-state index in [9.17, 15) is 0 Å². The summed E-state index contributed by atoms with van der Waals surface area (Å²) in [7, 11) is 1.88. The molecule has 18 heavy (non-hydrogen) atoms. The Kier molecular flexibility index (Phi) is 4.42. The molecule has 0 saturated heterocycles. The van der Waals surface area contributed by atoms with Crippen LogP contribution in [-0.2, 0) is 7.05 Å². The SMILES string of the molecule is CC(N)C(Sc1ncnn1C)c1cccc(Br)c1. The van der Waals surface area contributed by atoms with Gasteiger partial charge in [0.2, 0.25) is 0 Å². The summed E-state index contributed by atoms with van der Waals surface area (Å²) in [5.41, 5.74) is 7.28. The van der Waals surface area contributed by atoms with Gasteiger partial charge < -0.3 is 5.73 Å². The maximum Gasteiger partial charge on any atom is 0.186 e. The zero-order chi connectivity index (χ0) is 13.1. The minimum Gasteiger partial charge on any atom is -0.327 e. The van der Waals surface area contributed by atoms with E-state index in [0.717, 1.165) is 9.63 Å². The van der Waals surface area contributed by atoms with Crippen LogP contribution in [0.2, 0.25) is 0 Å². The van der Waals surface area contributed by atoms with E-state index in [4.69, 9.17) is 5.73 Å². The zero-order valence-corrected chi connectivity index (χ0v) is 12.6. The lowest BCUT2D eigenvalue weighted by Gasteiger charge is -2.20. The number of halogens is 1. The van der Waals surface area contributed by atoms with Crippen molar-refractivity contribution in [2.45, 2.75) is 23.4 Å². The number of hydrogen-bond donors (Lipinski definition) is 1. The second-order valence-corrected chi connectivity index (χ2v) is 6.14. The van der Waals surface area contributed by atoms with E-state index >= 15 is 0 Å². The van der Waals surface area contributed by atoms with Crippen molar-refractivity contribution in [3.05, 3.63) is 40.6 Å². The van der Waals surface area contributed by atoms with Crippen LogP contribution >= 0.6 is 27.7 Å². The molecule has 1 aromatic heterocycles. The van der Waals surface area contributed by atoms with Crippen molar-refractivity contribution in [1.82, 2.24) is 14.8 Å². The van der Waals surface area contributed by atoms with E-state index in [1.807, 2.05) is 26.1 Å². The van der Waals surface area contributed by atoms with Gasteiger partial charge in [-0.2, -0.15) is 5.10 Å². The van der Waals surface area contributed by atoms with Gasteiger partial charge in [-0.15, -0.1) is 0 Å². The van der Waals surface area contributed by atoms with Crippen LogP contribution in [0.15, 0.2) is 40.2 Å². The predicted octanol–water partition coefficient (Wildman–Crippen LogP) is 2.76. The van der Waals surface area contributed by atoms with Crippen molar-refractivity contribution in [1.29, 1.82) is 0 Å². The number of thioether (sulfide) groups is 1. The Balaban J connectivity index is 2.27. The van der Waals surface area contributed by atoms with Crippen molar-refractivity contribution in [3.8, 4) is 0 Å². The van der Waals surface area contributed by atoms with Crippen LogP contribution < -0.4 is 5.73 Å². The molecule has 0 aliphatic carbocycles. The molecule has 0 radical (unpaired) electrons. The van der Waals surface area contributed by atoms with Gasteiger partial charge in [-0.05, 0) is 24.6 Å². The summed E-state index contributed by atoms with van der Waals surface area (Å²) in [5, 5.41) is 5.11. The topological polar surface area (TPSA) is 56.7 Å². The lowest BCUT2D eigenvalue weighted by molar-refractivity contribution is 0.671. The summed E-state index contributed by atoms with van der Waals surface area (Å²) >= 11 is 5.12. The third-order valence-electron chi connectivity index (χ3n) is 2.56. The Morgan fingerprint density at radius 1 is 1.44 bits per heavy atom. The maximum absolute atomic E-state index is 6.09. The summed E-state index contributed by atoms with van der Waals surface area (Å²) in [6, 6.07) is 8.24. The molecule has 0 saturated carbocycles. The van der Waals surface area contributed by atoms with Crippen molar-refractivity contribution in [2.24, 2.45) is 12.8 Å². The average Bonchev–Trinajstić information content (AvgIpc) is 2.71. The van der Waals surface area contributed by atoms with E-state index in [-0.39, 0.29) is 11.3 Å². The van der Waals surface area contributed by atoms with Crippen molar-refractivity contribution in [2.75, 3.05) is 0 Å². The summed E-state index contributed by atoms with van der Waals surface area (Å²) in [6.45, 7) is 2.01. The summed E-state index contributed by atoms with van der Waals surface area (Å²) in [5.74, 6) is 0. The quantitative estimate of drug-likeness (QED) is 0.878. The largest absolute Gasteiger partial charge is 0.327 e. The third kappa shape index (κ3) is 3.13. The molecule has 96 valence electrons. The highest BCUT2D eigenvalue weighted by atomic mass is 79.9. The fraction of sp³-hybridized carbons (Fsp3) is 0.333. The Hall–Kier alpha value is -0.850. The number of aromatic nitrogens is 3. The molecule has 1 aromatic carbocycles. The van der Waals surface area contributed by atoms with E-state index in [1.54, 1.807) is 22.8 Å². The highest BCUT2D eigenvalue weighted by molar-refractivity contribution is 9.10. The second kappa shape index (κ2) is 5.86. The van der Waals surface area contributed by atoms with Gasteiger partial charge in [0, 0.05) is 17.6 Å². The fourth-order valence-electron chi connectivity index (χ4n) is 1.67. The van der Waals surface area contributed by atoms with Crippen molar-refractivity contribution >= 4 is 27.7 Å². The molecule has 0 bridgehead atoms. The van der Waals surface area contributed by atoms with Gasteiger partial charge in [-0.25, -0.2) is 9.67 Å². The van der Waals surface area contributed by atoms with Crippen LogP contribution in [0.4, 0.5) is 0 Å². The predicted molar refractivity (Wildman–Crippen MR) is 77.4 cm³/mol. The van der Waals surface area contributed by atoms with E-state index in [0.29, 0.717) is 0 Å². The highest BCUT2D eigenvalue weighted by Gasteiger charge is 2.20. The van der Waals surface area contributed by atoms with Crippen LogP contribution in [0, 0.1) is 0 Å². The summed E-state index contributed by atoms with van der Waals surface area (Å²) < 4.78 is 2.82. The molecule has 2 unspecified atom stereocenters. The standard InChI is InChI=1S/C12H15BrN4S/c1-8(14)11(9-4-3-5-10(13)6-9)18-12-15-7-16-17(12)2/h3-8,11H,14H2,1-2H3. The second-order valence-electron chi connectivity index (χ2n) is 4.12. The summed E-state index contributed by atoms with van der Waals surface area (Å²) in [6.07, 6.45) is 1.56. The molecule has 0 aliphatic heterocycles. The Morgan fingerprint density at radius 3 is 2.78 bits per heavy atom. The van der Waals surface area contributed by atoms with E-state index < -0.39 is 0 Å². The number of benzene rings is 1. The maximum atomic E-state index is 6.09. The lowest BCUT2D eigenvalue weighted by atomic mass is 10.1. The normalized spacial score (nSPS) is 14.4. The van der Waals surface area contributed by atoms with Gasteiger partial charge in [-0.1, -0.05) is 39.8 Å². The smallest absolute Gasteiger partial charge is 0.186 e. The first-order valence-electron chi connectivity index (χ1n) is 5.59. The highest BCUT2D eigenvalue weighted by Crippen LogP contribution is 2.36. The van der Waals surface area contributed by atoms with Crippen LogP contribution in [0.3, 0.4) is 0 Å². The molecule has 0 amide bonds. The molecule has 1 heterocycles. The lowest BCUT2D eigenvalue weighted by Crippen LogP contribution is -2.23. The number of nitrogens with zero attached hydrogens (tertiary/aromatic N) is 3. The zero-order valence-electron chi connectivity index (χ0n) is 10.2. The van der Waals surface area contributed by atoms with Gasteiger partial charge >= 0.3 is 0 Å². The minimum absolute atomic E-state index is 0.0287. The molecule has 2 atom stereocenters. The molecule has 0 aliphatic rings. The Bertz CT molecular complexity index is 526. The Morgan fingerprint density at radius 2 is 2.22 bits per heavy atom. The van der Waals surface area contributed by atoms with Crippen LogP contribution in [0.25, 0.3) is 0 Å². The van der Waals surface area contributed by atoms with Crippen molar-refractivity contribution < 1.29 is 0 Å². The van der Waals surface area contributed by atoms with Crippen LogP contribution in [0.5, 0.6) is 0 Å². The molecule has 0 spiro atoms. The first-order chi connectivity index (χ1) is 8.58. The molecule has 2 aromatic rings. The number of hydrogen-bond acceptors (Lipinski definition) is 4. The molecule has 6 heteroatoms. The monoisotopic (exact) mass is 326 g/mol. The Labute approximate surface area is 119 Å². The summed E-state index contributed by atoms with van der Waals surface area (Å²) in [4.78, 5) is 4.23. The number of rotatable bonds is 4. The van der Waals surface area contributed by atoms with Crippen molar-refractivity contribution in [3.63, 3.8) is 0 Å². The average molecular weight is 327 g/mol. The van der Waals surface area contributed by atoms with Crippen LogP contribution in [0.1, 0.15) is 17.7 Å². The molecule has 4 nitrogen and oxygen atoms in total. The van der Waals surface area contributed by atoms with Gasteiger partial charge in [0.15, 0.2) is 5.16 Å². The van der Waals surface area contributed by atoms with Gasteiger partial charge in [0.05, 0.1) is 5.25 Å². The van der Waals surface area contributed by atoms with E-state index in [2.05, 4.69) is 38.1 Å².